The van der Waals surface area contributed by atoms with Crippen molar-refractivity contribution in [3.05, 3.63) is 39.2 Å². The molecule has 0 saturated heterocycles. The van der Waals surface area contributed by atoms with E-state index in [9.17, 15) is 0 Å². The summed E-state index contributed by atoms with van der Waals surface area (Å²) in [7, 11) is 0. The summed E-state index contributed by atoms with van der Waals surface area (Å²) in [6, 6.07) is 3.56. The van der Waals surface area contributed by atoms with E-state index in [0.717, 1.165) is 5.69 Å². The average Bonchev–Trinajstić information content (AvgIpc) is 3.03. The molecule has 17 heavy (non-hydrogen) atoms. The Morgan fingerprint density at radius 2 is 1.94 bits per heavy atom. The van der Waals surface area contributed by atoms with E-state index in [-0.39, 0.29) is 5.15 Å². The molecule has 0 aliphatic heterocycles. The molecule has 2 heterocycles. The quantitative estimate of drug-likeness (QED) is 0.779. The fraction of sp³-hybridized carbons (Fsp3) is 0.273. The lowest BCUT2D eigenvalue weighted by molar-refractivity contribution is 0.813. The Morgan fingerprint density at radius 1 is 1.18 bits per heavy atom. The average molecular weight is 289 g/mol. The summed E-state index contributed by atoms with van der Waals surface area (Å²) in [6.45, 7) is 0. The largest absolute Gasteiger partial charge is 0.221 e. The maximum Gasteiger partial charge on any atom is 0.173 e. The summed E-state index contributed by atoms with van der Waals surface area (Å²) in [5, 5.41) is 5.45. The number of aromatic nitrogens is 3. The molecule has 0 amide bonds. The van der Waals surface area contributed by atoms with Gasteiger partial charge in [-0.05, 0) is 25.0 Å². The van der Waals surface area contributed by atoms with Crippen LogP contribution in [0.4, 0.5) is 0 Å². The molecule has 0 aromatic carbocycles. The molecule has 0 spiro atoms. The van der Waals surface area contributed by atoms with Crippen LogP contribution in [0.25, 0.3) is 5.82 Å². The Morgan fingerprint density at radius 3 is 2.65 bits per heavy atom. The van der Waals surface area contributed by atoms with Gasteiger partial charge in [0.25, 0.3) is 0 Å². The van der Waals surface area contributed by atoms with Gasteiger partial charge in [-0.25, -0.2) is 9.67 Å². The summed E-state index contributed by atoms with van der Waals surface area (Å²) < 4.78 is 1.64. The van der Waals surface area contributed by atoms with Crippen LogP contribution < -0.4 is 0 Å². The maximum atomic E-state index is 6.07. The molecule has 2 aromatic heterocycles. The van der Waals surface area contributed by atoms with Crippen LogP contribution in [0, 0.1) is 0 Å². The van der Waals surface area contributed by atoms with Crippen molar-refractivity contribution in [3.63, 3.8) is 0 Å². The Bertz CT molecular complexity index is 575. The van der Waals surface area contributed by atoms with E-state index in [1.54, 1.807) is 10.7 Å². The van der Waals surface area contributed by atoms with Crippen molar-refractivity contribution in [1.29, 1.82) is 0 Å². The maximum absolute atomic E-state index is 6.07. The van der Waals surface area contributed by atoms with Gasteiger partial charge in [0, 0.05) is 12.1 Å². The molecule has 1 saturated carbocycles. The Balaban J connectivity index is 2.04. The molecular weight excluding hydrogens is 281 g/mol. The van der Waals surface area contributed by atoms with Crippen LogP contribution in [-0.2, 0) is 0 Å². The van der Waals surface area contributed by atoms with E-state index in [2.05, 4.69) is 10.1 Å². The summed E-state index contributed by atoms with van der Waals surface area (Å²) in [5.41, 5.74) is 1.08. The molecule has 0 bridgehead atoms. The van der Waals surface area contributed by atoms with Crippen LogP contribution in [-0.4, -0.2) is 14.8 Å². The van der Waals surface area contributed by atoms with Crippen molar-refractivity contribution in [1.82, 2.24) is 14.8 Å². The molecule has 0 unspecified atom stereocenters. The van der Waals surface area contributed by atoms with E-state index in [1.165, 1.54) is 12.8 Å². The summed E-state index contributed by atoms with van der Waals surface area (Å²) in [6.07, 6.45) is 4.26. The van der Waals surface area contributed by atoms with E-state index in [1.807, 2.05) is 12.3 Å². The third-order valence-electron chi connectivity index (χ3n) is 2.69. The van der Waals surface area contributed by atoms with E-state index in [0.29, 0.717) is 21.8 Å². The van der Waals surface area contributed by atoms with Crippen molar-refractivity contribution >= 4 is 34.8 Å². The number of rotatable bonds is 2. The number of nitrogens with zero attached hydrogens (tertiary/aromatic N) is 3. The van der Waals surface area contributed by atoms with Gasteiger partial charge >= 0.3 is 0 Å². The lowest BCUT2D eigenvalue weighted by Gasteiger charge is -2.04. The van der Waals surface area contributed by atoms with Crippen LogP contribution in [0.3, 0.4) is 0 Å². The first kappa shape index (κ1) is 11.3. The standard InChI is InChI=1S/C11H8Cl3N3/c12-7-5-8(13)11(15-10(7)14)17-4-3-9(16-17)6-1-2-6/h3-6H,1-2H2. The molecule has 3 rings (SSSR count). The lowest BCUT2D eigenvalue weighted by atomic mass is 10.3. The predicted octanol–water partition coefficient (Wildman–Crippen LogP) is 4.10. The minimum Gasteiger partial charge on any atom is -0.221 e. The van der Waals surface area contributed by atoms with Crippen LogP contribution in [0.1, 0.15) is 24.5 Å². The van der Waals surface area contributed by atoms with Gasteiger partial charge in [0.05, 0.1) is 15.7 Å². The lowest BCUT2D eigenvalue weighted by Crippen LogP contribution is -2.00. The second-order valence-electron chi connectivity index (χ2n) is 4.03. The van der Waals surface area contributed by atoms with Crippen molar-refractivity contribution in [2.24, 2.45) is 0 Å². The van der Waals surface area contributed by atoms with Crippen LogP contribution in [0.2, 0.25) is 15.2 Å². The van der Waals surface area contributed by atoms with Crippen LogP contribution in [0.5, 0.6) is 0 Å². The van der Waals surface area contributed by atoms with E-state index in [4.69, 9.17) is 34.8 Å². The molecule has 0 atom stereocenters. The highest BCUT2D eigenvalue weighted by atomic mass is 35.5. The zero-order valence-corrected chi connectivity index (χ0v) is 11.0. The van der Waals surface area contributed by atoms with Gasteiger partial charge in [-0.2, -0.15) is 5.10 Å². The first-order valence-electron chi connectivity index (χ1n) is 5.22. The monoisotopic (exact) mass is 287 g/mol. The highest BCUT2D eigenvalue weighted by molar-refractivity contribution is 6.42. The third kappa shape index (κ3) is 2.15. The molecule has 1 aliphatic rings. The Kier molecular flexibility index (Phi) is 2.77. The topological polar surface area (TPSA) is 30.7 Å². The minimum atomic E-state index is 0.231. The second kappa shape index (κ2) is 4.16. The van der Waals surface area contributed by atoms with Crippen LogP contribution in [0.15, 0.2) is 18.3 Å². The Hall–Kier alpha value is -0.770. The molecule has 1 fully saturated rings. The molecule has 3 nitrogen and oxygen atoms in total. The minimum absolute atomic E-state index is 0.231. The van der Waals surface area contributed by atoms with Crippen molar-refractivity contribution in [2.45, 2.75) is 18.8 Å². The number of halogens is 3. The normalized spacial score (nSPS) is 15.2. The Labute approximate surface area is 113 Å². The van der Waals surface area contributed by atoms with Gasteiger partial charge in [0.1, 0.15) is 5.15 Å². The summed E-state index contributed by atoms with van der Waals surface area (Å²) in [4.78, 5) is 4.14. The first-order valence-corrected chi connectivity index (χ1v) is 6.36. The second-order valence-corrected chi connectivity index (χ2v) is 5.20. The summed E-state index contributed by atoms with van der Waals surface area (Å²) in [5.74, 6) is 1.10. The first-order chi connectivity index (χ1) is 8.15. The zero-order valence-electron chi connectivity index (χ0n) is 8.70. The molecule has 1 aliphatic carbocycles. The van der Waals surface area contributed by atoms with E-state index < -0.39 is 0 Å². The number of hydrogen-bond acceptors (Lipinski definition) is 2. The highest BCUT2D eigenvalue weighted by Crippen LogP contribution is 2.39. The SMILES string of the molecule is Clc1cc(Cl)c(-n2ccc(C3CC3)n2)nc1Cl. The summed E-state index contributed by atoms with van der Waals surface area (Å²) >= 11 is 17.8. The van der Waals surface area contributed by atoms with Gasteiger partial charge in [-0.3, -0.25) is 0 Å². The molecule has 0 N–H and O–H groups in total. The fourth-order valence-electron chi connectivity index (χ4n) is 1.65. The molecule has 0 radical (unpaired) electrons. The van der Waals surface area contributed by atoms with Gasteiger partial charge in [-0.1, -0.05) is 34.8 Å². The fourth-order valence-corrected chi connectivity index (χ4v) is 2.23. The van der Waals surface area contributed by atoms with Gasteiger partial charge in [0.15, 0.2) is 5.82 Å². The van der Waals surface area contributed by atoms with Crippen molar-refractivity contribution < 1.29 is 0 Å². The molecule has 6 heteroatoms. The molecule has 2 aromatic rings. The number of pyridine rings is 1. The molecular formula is C11H8Cl3N3. The van der Waals surface area contributed by atoms with E-state index >= 15 is 0 Å². The smallest absolute Gasteiger partial charge is 0.173 e. The molecule has 88 valence electrons. The highest BCUT2D eigenvalue weighted by Gasteiger charge is 2.26. The van der Waals surface area contributed by atoms with Gasteiger partial charge < -0.3 is 0 Å². The van der Waals surface area contributed by atoms with Gasteiger partial charge in [0.2, 0.25) is 0 Å². The predicted molar refractivity (Wildman–Crippen MR) is 68.4 cm³/mol. The number of hydrogen-bond donors (Lipinski definition) is 0. The van der Waals surface area contributed by atoms with Crippen molar-refractivity contribution in [2.75, 3.05) is 0 Å². The third-order valence-corrected chi connectivity index (χ3v) is 3.64. The van der Waals surface area contributed by atoms with Crippen LogP contribution >= 0.6 is 34.8 Å². The van der Waals surface area contributed by atoms with Gasteiger partial charge in [-0.15, -0.1) is 0 Å². The zero-order chi connectivity index (χ0) is 12.0. The van der Waals surface area contributed by atoms with Crippen molar-refractivity contribution in [3.8, 4) is 5.82 Å².